The lowest BCUT2D eigenvalue weighted by Crippen LogP contribution is -2.33. The van der Waals surface area contributed by atoms with Gasteiger partial charge >= 0.3 is 5.97 Å². The van der Waals surface area contributed by atoms with Gasteiger partial charge in [0.05, 0.1) is 25.3 Å². The van der Waals surface area contributed by atoms with Crippen LogP contribution in [0.15, 0.2) is 47.1 Å². The highest BCUT2D eigenvalue weighted by molar-refractivity contribution is 5.95. The first-order chi connectivity index (χ1) is 14.0. The summed E-state index contributed by atoms with van der Waals surface area (Å²) in [5, 5.41) is 2.69. The van der Waals surface area contributed by atoms with Gasteiger partial charge in [-0.15, -0.1) is 0 Å². The van der Waals surface area contributed by atoms with E-state index < -0.39 is 23.9 Å². The standard InChI is InChI=1S/C21H24N2O6/c1-3-27-17-8-6-16(7-9-17)22-20(25)14(2)29-21(26)15-11-19(24)23(12-15)13-18-5-4-10-28-18/h4-10,14-15H,3,11-13H2,1-2H3,(H,22,25)/t14-,15-/m0/s1. The van der Waals surface area contributed by atoms with E-state index in [-0.39, 0.29) is 18.9 Å². The van der Waals surface area contributed by atoms with E-state index in [2.05, 4.69) is 5.32 Å². The fraction of sp³-hybridized carbons (Fsp3) is 0.381. The number of ether oxygens (including phenoxy) is 2. The number of carbonyl (C=O) groups excluding carboxylic acids is 3. The van der Waals surface area contributed by atoms with Crippen LogP contribution in [-0.4, -0.2) is 41.9 Å². The second kappa shape index (κ2) is 9.27. The normalized spacial score (nSPS) is 17.1. The Labute approximate surface area is 168 Å². The van der Waals surface area contributed by atoms with Crippen molar-refractivity contribution in [2.75, 3.05) is 18.5 Å². The Morgan fingerprint density at radius 1 is 1.28 bits per heavy atom. The summed E-state index contributed by atoms with van der Waals surface area (Å²) in [5.74, 6) is -0.396. The van der Waals surface area contributed by atoms with Gasteiger partial charge in [0.15, 0.2) is 6.10 Å². The van der Waals surface area contributed by atoms with Crippen molar-refractivity contribution in [2.24, 2.45) is 5.92 Å². The van der Waals surface area contributed by atoms with Gasteiger partial charge in [0.1, 0.15) is 11.5 Å². The van der Waals surface area contributed by atoms with E-state index in [0.717, 1.165) is 0 Å². The van der Waals surface area contributed by atoms with Crippen LogP contribution in [0.2, 0.25) is 0 Å². The van der Waals surface area contributed by atoms with Crippen LogP contribution in [0.3, 0.4) is 0 Å². The van der Waals surface area contributed by atoms with Crippen molar-refractivity contribution in [1.29, 1.82) is 0 Å². The minimum Gasteiger partial charge on any atom is -0.494 e. The van der Waals surface area contributed by atoms with E-state index in [4.69, 9.17) is 13.9 Å². The Bertz CT molecular complexity index is 847. The Hall–Kier alpha value is -3.29. The average molecular weight is 400 g/mol. The fourth-order valence-corrected chi connectivity index (χ4v) is 3.04. The molecular formula is C21H24N2O6. The Kier molecular flexibility index (Phi) is 6.54. The minimum absolute atomic E-state index is 0.0623. The molecule has 0 aliphatic carbocycles. The number of amides is 2. The molecule has 1 aliphatic heterocycles. The van der Waals surface area contributed by atoms with Crippen molar-refractivity contribution in [3.05, 3.63) is 48.4 Å². The number of furan rings is 1. The molecule has 1 aromatic carbocycles. The highest BCUT2D eigenvalue weighted by Crippen LogP contribution is 2.22. The highest BCUT2D eigenvalue weighted by atomic mass is 16.5. The van der Waals surface area contributed by atoms with Gasteiger partial charge in [-0.3, -0.25) is 14.4 Å². The third-order valence-electron chi connectivity index (χ3n) is 4.57. The summed E-state index contributed by atoms with van der Waals surface area (Å²) in [4.78, 5) is 38.4. The van der Waals surface area contributed by atoms with E-state index in [9.17, 15) is 14.4 Å². The molecule has 29 heavy (non-hydrogen) atoms. The van der Waals surface area contributed by atoms with Gasteiger partial charge in [-0.2, -0.15) is 0 Å². The topological polar surface area (TPSA) is 98.1 Å². The molecule has 8 nitrogen and oxygen atoms in total. The quantitative estimate of drug-likeness (QED) is 0.684. The van der Waals surface area contributed by atoms with Crippen molar-refractivity contribution < 1.29 is 28.3 Å². The molecular weight excluding hydrogens is 376 g/mol. The van der Waals surface area contributed by atoms with E-state index in [0.29, 0.717) is 30.3 Å². The van der Waals surface area contributed by atoms with Crippen LogP contribution in [0.25, 0.3) is 0 Å². The first-order valence-corrected chi connectivity index (χ1v) is 9.50. The van der Waals surface area contributed by atoms with Crippen molar-refractivity contribution in [1.82, 2.24) is 4.90 Å². The molecule has 0 bridgehead atoms. The Balaban J connectivity index is 1.49. The first-order valence-electron chi connectivity index (χ1n) is 9.50. The smallest absolute Gasteiger partial charge is 0.312 e. The van der Waals surface area contributed by atoms with Gasteiger partial charge in [-0.25, -0.2) is 0 Å². The molecule has 1 saturated heterocycles. The number of hydrogen-bond acceptors (Lipinski definition) is 6. The third kappa shape index (κ3) is 5.37. The molecule has 1 aliphatic rings. The summed E-state index contributed by atoms with van der Waals surface area (Å²) in [5.41, 5.74) is 0.571. The van der Waals surface area contributed by atoms with Gasteiger partial charge < -0.3 is 24.1 Å². The molecule has 0 radical (unpaired) electrons. The number of anilines is 1. The molecule has 1 N–H and O–H groups in total. The summed E-state index contributed by atoms with van der Waals surface area (Å²) in [6.45, 7) is 4.50. The lowest BCUT2D eigenvalue weighted by Gasteiger charge is -2.17. The number of nitrogens with zero attached hydrogens (tertiary/aromatic N) is 1. The van der Waals surface area contributed by atoms with Gasteiger partial charge in [-0.1, -0.05) is 0 Å². The zero-order valence-electron chi connectivity index (χ0n) is 16.4. The fourth-order valence-electron chi connectivity index (χ4n) is 3.04. The molecule has 2 aromatic rings. The third-order valence-corrected chi connectivity index (χ3v) is 4.57. The van der Waals surface area contributed by atoms with Crippen LogP contribution >= 0.6 is 0 Å². The molecule has 1 aromatic heterocycles. The summed E-state index contributed by atoms with van der Waals surface area (Å²) < 4.78 is 15.9. The molecule has 2 atom stereocenters. The maximum atomic E-state index is 12.4. The van der Waals surface area contributed by atoms with E-state index in [1.54, 1.807) is 41.3 Å². The van der Waals surface area contributed by atoms with Gasteiger partial charge in [-0.05, 0) is 50.2 Å². The molecule has 3 rings (SSSR count). The van der Waals surface area contributed by atoms with Crippen LogP contribution in [0.1, 0.15) is 26.0 Å². The summed E-state index contributed by atoms with van der Waals surface area (Å²) in [7, 11) is 0. The lowest BCUT2D eigenvalue weighted by atomic mass is 10.1. The average Bonchev–Trinajstić information content (AvgIpc) is 3.34. The molecule has 8 heteroatoms. The van der Waals surface area contributed by atoms with E-state index in [1.165, 1.54) is 13.2 Å². The van der Waals surface area contributed by atoms with Crippen molar-refractivity contribution in [3.8, 4) is 5.75 Å². The summed E-state index contributed by atoms with van der Waals surface area (Å²) in [6.07, 6.45) is 0.613. The zero-order chi connectivity index (χ0) is 20.8. The molecule has 0 saturated carbocycles. The van der Waals surface area contributed by atoms with Crippen LogP contribution in [0, 0.1) is 5.92 Å². The van der Waals surface area contributed by atoms with Crippen molar-refractivity contribution in [3.63, 3.8) is 0 Å². The van der Waals surface area contributed by atoms with Crippen molar-refractivity contribution >= 4 is 23.5 Å². The Morgan fingerprint density at radius 3 is 2.69 bits per heavy atom. The number of rotatable bonds is 8. The maximum Gasteiger partial charge on any atom is 0.312 e. The van der Waals surface area contributed by atoms with Gasteiger partial charge in [0.25, 0.3) is 5.91 Å². The van der Waals surface area contributed by atoms with E-state index in [1.807, 2.05) is 6.92 Å². The highest BCUT2D eigenvalue weighted by Gasteiger charge is 2.36. The van der Waals surface area contributed by atoms with Crippen molar-refractivity contribution in [2.45, 2.75) is 32.9 Å². The lowest BCUT2D eigenvalue weighted by molar-refractivity contribution is -0.157. The van der Waals surface area contributed by atoms with Gasteiger partial charge in [0.2, 0.25) is 5.91 Å². The number of nitrogens with one attached hydrogen (secondary N) is 1. The number of benzene rings is 1. The van der Waals surface area contributed by atoms with Crippen LogP contribution < -0.4 is 10.1 Å². The molecule has 1 fully saturated rings. The van der Waals surface area contributed by atoms with E-state index >= 15 is 0 Å². The number of hydrogen-bond donors (Lipinski definition) is 1. The van der Waals surface area contributed by atoms with Crippen LogP contribution in [-0.2, 0) is 25.7 Å². The second-order valence-electron chi connectivity index (χ2n) is 6.78. The predicted molar refractivity (Wildman–Crippen MR) is 104 cm³/mol. The zero-order valence-corrected chi connectivity index (χ0v) is 16.4. The summed E-state index contributed by atoms with van der Waals surface area (Å²) in [6, 6.07) is 10.4. The first kappa shape index (κ1) is 20.4. The van der Waals surface area contributed by atoms with Crippen LogP contribution in [0.5, 0.6) is 5.75 Å². The monoisotopic (exact) mass is 400 g/mol. The molecule has 2 amide bonds. The largest absolute Gasteiger partial charge is 0.494 e. The number of likely N-dealkylation sites (tertiary alicyclic amines) is 1. The molecule has 0 spiro atoms. The second-order valence-corrected chi connectivity index (χ2v) is 6.78. The molecule has 0 unspecified atom stereocenters. The number of esters is 1. The summed E-state index contributed by atoms with van der Waals surface area (Å²) >= 11 is 0. The minimum atomic E-state index is -0.983. The van der Waals surface area contributed by atoms with Gasteiger partial charge in [0, 0.05) is 18.7 Å². The number of carbonyl (C=O) groups is 3. The molecule has 154 valence electrons. The molecule has 2 heterocycles. The SMILES string of the molecule is CCOc1ccc(NC(=O)[C@H](C)OC(=O)[C@H]2CC(=O)N(Cc3ccco3)C2)cc1. The van der Waals surface area contributed by atoms with Crippen LogP contribution in [0.4, 0.5) is 5.69 Å². The Morgan fingerprint density at radius 2 is 2.03 bits per heavy atom. The predicted octanol–water partition coefficient (Wildman–Crippen LogP) is 2.60. The maximum absolute atomic E-state index is 12.4.